The molecule has 3 aromatic rings. The molecule has 0 saturated carbocycles. The number of ether oxygens (including phenoxy) is 1. The van der Waals surface area contributed by atoms with Crippen LogP contribution < -0.4 is 5.73 Å². The van der Waals surface area contributed by atoms with Crippen LogP contribution in [0.3, 0.4) is 0 Å². The highest BCUT2D eigenvalue weighted by Gasteiger charge is 2.56. The lowest BCUT2D eigenvalue weighted by Crippen LogP contribution is -2.46. The van der Waals surface area contributed by atoms with Crippen LogP contribution in [0.25, 0.3) is 11.0 Å². The second kappa shape index (κ2) is 6.42. The minimum Gasteiger partial charge on any atom is -0.385 e. The summed E-state index contributed by atoms with van der Waals surface area (Å²) >= 11 is 5.85. The zero-order chi connectivity index (χ0) is 19.3. The standard InChI is InChI=1S/C18H18ClFN4O3/c1-18(26)13(25)17(24-7-6-11-15(21)22-8-23-16(11)24)27-14(18)12(20)9-2-4-10(19)5-3-9/h2-8,12-14,17,25-26H,1H3,(H2,21,22,23)/t12-,13+,14-,17-,18+/m1/s1. The van der Waals surface area contributed by atoms with Crippen LogP contribution in [0.2, 0.25) is 5.02 Å². The number of hydrogen-bond acceptors (Lipinski definition) is 6. The number of halogens is 2. The topological polar surface area (TPSA) is 106 Å². The first kappa shape index (κ1) is 18.1. The number of anilines is 1. The molecule has 1 fully saturated rings. The number of nitrogens with zero attached hydrogens (tertiary/aromatic N) is 3. The van der Waals surface area contributed by atoms with Gasteiger partial charge in [0.1, 0.15) is 35.6 Å². The van der Waals surface area contributed by atoms with Crippen LogP contribution >= 0.6 is 11.6 Å². The molecule has 142 valence electrons. The van der Waals surface area contributed by atoms with E-state index in [2.05, 4.69) is 9.97 Å². The molecule has 27 heavy (non-hydrogen) atoms. The van der Waals surface area contributed by atoms with Gasteiger partial charge in [-0.05, 0) is 30.7 Å². The van der Waals surface area contributed by atoms with E-state index in [1.807, 2.05) is 0 Å². The van der Waals surface area contributed by atoms with Crippen molar-refractivity contribution >= 4 is 28.5 Å². The molecule has 5 atom stereocenters. The Morgan fingerprint density at radius 3 is 2.70 bits per heavy atom. The third-order valence-electron chi connectivity index (χ3n) is 5.00. The summed E-state index contributed by atoms with van der Waals surface area (Å²) in [4.78, 5) is 8.07. The molecule has 0 aliphatic carbocycles. The lowest BCUT2D eigenvalue weighted by atomic mass is 9.89. The maximum Gasteiger partial charge on any atom is 0.164 e. The third kappa shape index (κ3) is 2.85. The Morgan fingerprint density at radius 2 is 2.00 bits per heavy atom. The van der Waals surface area contributed by atoms with Crippen LogP contribution in [-0.2, 0) is 4.74 Å². The molecule has 1 aliphatic heterocycles. The Bertz CT molecular complexity index is 978. The van der Waals surface area contributed by atoms with Gasteiger partial charge in [-0.15, -0.1) is 0 Å². The zero-order valence-corrected chi connectivity index (χ0v) is 15.1. The van der Waals surface area contributed by atoms with Crippen molar-refractivity contribution in [2.45, 2.75) is 37.1 Å². The molecule has 0 bridgehead atoms. The molecule has 1 saturated heterocycles. The highest BCUT2D eigenvalue weighted by molar-refractivity contribution is 6.30. The van der Waals surface area contributed by atoms with Gasteiger partial charge in [0.05, 0.1) is 5.39 Å². The van der Waals surface area contributed by atoms with E-state index in [0.717, 1.165) is 0 Å². The van der Waals surface area contributed by atoms with E-state index in [-0.39, 0.29) is 5.82 Å². The van der Waals surface area contributed by atoms with Gasteiger partial charge in [-0.2, -0.15) is 0 Å². The number of benzene rings is 1. The van der Waals surface area contributed by atoms with Crippen molar-refractivity contribution in [3.63, 3.8) is 0 Å². The Balaban J connectivity index is 1.70. The lowest BCUT2D eigenvalue weighted by Gasteiger charge is -2.28. The first-order chi connectivity index (χ1) is 12.8. The second-order valence-corrected chi connectivity index (χ2v) is 7.23. The molecule has 0 amide bonds. The maximum absolute atomic E-state index is 15.1. The van der Waals surface area contributed by atoms with Gasteiger partial charge in [-0.25, -0.2) is 14.4 Å². The molecule has 0 unspecified atom stereocenters. The van der Waals surface area contributed by atoms with Crippen molar-refractivity contribution in [3.8, 4) is 0 Å². The van der Waals surface area contributed by atoms with Gasteiger partial charge in [0, 0.05) is 11.2 Å². The summed E-state index contributed by atoms with van der Waals surface area (Å²) in [5, 5.41) is 22.5. The van der Waals surface area contributed by atoms with Crippen LogP contribution in [-0.4, -0.2) is 42.6 Å². The summed E-state index contributed by atoms with van der Waals surface area (Å²) in [5.41, 5.74) is 4.71. The normalized spacial score (nSPS) is 29.3. The maximum atomic E-state index is 15.1. The molecule has 1 aliphatic rings. The van der Waals surface area contributed by atoms with E-state index in [1.54, 1.807) is 24.4 Å². The van der Waals surface area contributed by atoms with Crippen LogP contribution in [0.4, 0.5) is 10.2 Å². The number of nitrogens with two attached hydrogens (primary N) is 1. The van der Waals surface area contributed by atoms with Crippen molar-refractivity contribution < 1.29 is 19.3 Å². The molecular formula is C18H18ClFN4O3. The van der Waals surface area contributed by atoms with Crippen LogP contribution in [0.1, 0.15) is 24.9 Å². The largest absolute Gasteiger partial charge is 0.385 e. The average molecular weight is 393 g/mol. The number of fused-ring (bicyclic) bond motifs is 1. The lowest BCUT2D eigenvalue weighted by molar-refractivity contribution is -0.0937. The summed E-state index contributed by atoms with van der Waals surface area (Å²) in [5.74, 6) is 0.277. The minimum absolute atomic E-state index is 0.277. The SMILES string of the molecule is C[C@@]1(O)[C@@H]([C@H](F)c2ccc(Cl)cc2)O[C@@H](n2ccc3c(N)ncnc32)[C@@H]1O. The fourth-order valence-electron chi connectivity index (χ4n) is 3.42. The van der Waals surface area contributed by atoms with Crippen molar-refractivity contribution in [1.29, 1.82) is 0 Å². The van der Waals surface area contributed by atoms with E-state index >= 15 is 4.39 Å². The van der Waals surface area contributed by atoms with E-state index in [0.29, 0.717) is 21.6 Å². The Kier molecular flexibility index (Phi) is 4.31. The molecule has 4 rings (SSSR count). The Hall–Kier alpha value is -2.26. The molecule has 1 aromatic carbocycles. The number of alkyl halides is 1. The molecule has 3 heterocycles. The predicted octanol–water partition coefficient (Wildman–Crippen LogP) is 2.39. The quantitative estimate of drug-likeness (QED) is 0.632. The monoisotopic (exact) mass is 392 g/mol. The molecule has 2 aromatic heterocycles. The van der Waals surface area contributed by atoms with E-state index in [9.17, 15) is 10.2 Å². The third-order valence-corrected chi connectivity index (χ3v) is 5.25. The summed E-state index contributed by atoms with van der Waals surface area (Å²) in [6, 6.07) is 7.82. The average Bonchev–Trinajstić information content (AvgIpc) is 3.16. The highest BCUT2D eigenvalue weighted by atomic mass is 35.5. The molecule has 0 radical (unpaired) electrons. The van der Waals surface area contributed by atoms with Crippen molar-refractivity contribution in [2.24, 2.45) is 0 Å². The van der Waals surface area contributed by atoms with E-state index in [1.165, 1.54) is 30.0 Å². The van der Waals surface area contributed by atoms with Crippen molar-refractivity contribution in [2.75, 3.05) is 5.73 Å². The van der Waals surface area contributed by atoms with E-state index < -0.39 is 30.2 Å². The van der Waals surface area contributed by atoms with Gasteiger partial charge >= 0.3 is 0 Å². The summed E-state index contributed by atoms with van der Waals surface area (Å²) in [7, 11) is 0. The molecule has 7 nitrogen and oxygen atoms in total. The number of aliphatic hydroxyl groups is 2. The highest BCUT2D eigenvalue weighted by Crippen LogP contribution is 2.44. The fraction of sp³-hybridized carbons (Fsp3) is 0.333. The van der Waals surface area contributed by atoms with Gasteiger partial charge < -0.3 is 25.3 Å². The van der Waals surface area contributed by atoms with Gasteiger partial charge in [-0.1, -0.05) is 23.7 Å². The number of rotatable bonds is 3. The Labute approximate surface area is 159 Å². The summed E-state index contributed by atoms with van der Waals surface area (Å²) < 4.78 is 22.4. The number of nitrogen functional groups attached to an aromatic ring is 1. The zero-order valence-electron chi connectivity index (χ0n) is 14.3. The summed E-state index contributed by atoms with van der Waals surface area (Å²) in [6.45, 7) is 1.35. The second-order valence-electron chi connectivity index (χ2n) is 6.79. The van der Waals surface area contributed by atoms with Crippen molar-refractivity contribution in [3.05, 3.63) is 53.4 Å². The molecule has 9 heteroatoms. The van der Waals surface area contributed by atoms with Gasteiger partial charge in [0.25, 0.3) is 0 Å². The smallest absolute Gasteiger partial charge is 0.164 e. The van der Waals surface area contributed by atoms with Gasteiger partial charge in [0.2, 0.25) is 0 Å². The minimum atomic E-state index is -1.83. The molecular weight excluding hydrogens is 375 g/mol. The van der Waals surface area contributed by atoms with Gasteiger partial charge in [-0.3, -0.25) is 0 Å². The fourth-order valence-corrected chi connectivity index (χ4v) is 3.55. The number of aliphatic hydroxyl groups excluding tert-OH is 1. The van der Waals surface area contributed by atoms with Crippen LogP contribution in [0.5, 0.6) is 0 Å². The number of aromatic nitrogens is 3. The van der Waals surface area contributed by atoms with Crippen LogP contribution in [0, 0.1) is 0 Å². The first-order valence-corrected chi connectivity index (χ1v) is 8.71. The first-order valence-electron chi connectivity index (χ1n) is 8.33. The van der Waals surface area contributed by atoms with Crippen LogP contribution in [0.15, 0.2) is 42.9 Å². The predicted molar refractivity (Wildman–Crippen MR) is 97.8 cm³/mol. The van der Waals surface area contributed by atoms with Gasteiger partial charge in [0.15, 0.2) is 12.4 Å². The number of hydrogen-bond donors (Lipinski definition) is 3. The van der Waals surface area contributed by atoms with E-state index in [4.69, 9.17) is 22.1 Å². The van der Waals surface area contributed by atoms with Crippen molar-refractivity contribution in [1.82, 2.24) is 14.5 Å². The Morgan fingerprint density at radius 1 is 1.30 bits per heavy atom. The molecule has 0 spiro atoms. The summed E-state index contributed by atoms with van der Waals surface area (Å²) in [6.07, 6.45) is -2.50. The molecule has 4 N–H and O–H groups in total.